The maximum absolute atomic E-state index is 6.67. The molecule has 3 nitrogen and oxygen atoms in total. The maximum Gasteiger partial charge on any atom is 0.150 e. The summed E-state index contributed by atoms with van der Waals surface area (Å²) in [6.07, 6.45) is 3.87. The van der Waals surface area contributed by atoms with E-state index in [1.165, 1.54) is 16.7 Å². The van der Waals surface area contributed by atoms with Gasteiger partial charge >= 0.3 is 0 Å². The first-order valence-electron chi connectivity index (χ1n) is 10.7. The summed E-state index contributed by atoms with van der Waals surface area (Å²) in [4.78, 5) is 0. The van der Waals surface area contributed by atoms with Crippen LogP contribution in [0, 0.1) is 0 Å². The molecule has 0 amide bonds. The fourth-order valence-corrected chi connectivity index (χ4v) is 4.83. The summed E-state index contributed by atoms with van der Waals surface area (Å²) in [6.45, 7) is 10.8. The molecule has 3 aromatic carbocycles. The number of anilines is 1. The molecule has 0 bridgehead atoms. The summed E-state index contributed by atoms with van der Waals surface area (Å²) in [5, 5.41) is 3.69. The minimum atomic E-state index is -0.195. The van der Waals surface area contributed by atoms with Gasteiger partial charge in [0.25, 0.3) is 0 Å². The average Bonchev–Trinajstić information content (AvgIpc) is 2.76. The molecule has 3 heteroatoms. The Bertz CT molecular complexity index is 1190. The number of fused-ring (bicyclic) bond motifs is 5. The quantitative estimate of drug-likeness (QED) is 0.470. The number of rotatable bonds is 4. The van der Waals surface area contributed by atoms with Crippen LogP contribution in [-0.2, 0) is 0 Å². The number of ether oxygens (including phenoxy) is 2. The Morgan fingerprint density at radius 1 is 1.03 bits per heavy atom. The van der Waals surface area contributed by atoms with E-state index in [1.807, 2.05) is 24.3 Å². The van der Waals surface area contributed by atoms with Crippen LogP contribution in [0.3, 0.4) is 0 Å². The molecule has 0 aliphatic carbocycles. The predicted molar refractivity (Wildman–Crippen MR) is 128 cm³/mol. The second-order valence-corrected chi connectivity index (χ2v) is 8.76. The summed E-state index contributed by atoms with van der Waals surface area (Å²) in [7, 11) is 0. The fourth-order valence-electron chi connectivity index (χ4n) is 4.83. The Balaban J connectivity index is 1.79. The predicted octanol–water partition coefficient (Wildman–Crippen LogP) is 7.01. The van der Waals surface area contributed by atoms with Crippen LogP contribution in [0.4, 0.5) is 5.69 Å². The Kier molecular flexibility index (Phi) is 4.62. The summed E-state index contributed by atoms with van der Waals surface area (Å²) in [5.41, 5.74) is 8.00. The smallest absolute Gasteiger partial charge is 0.150 e. The monoisotopic (exact) mass is 409 g/mol. The van der Waals surface area contributed by atoms with Crippen molar-refractivity contribution in [1.82, 2.24) is 0 Å². The van der Waals surface area contributed by atoms with Crippen molar-refractivity contribution in [3.63, 3.8) is 0 Å². The van der Waals surface area contributed by atoms with E-state index in [1.54, 1.807) is 6.08 Å². The molecule has 2 aliphatic heterocycles. The molecule has 156 valence electrons. The van der Waals surface area contributed by atoms with Crippen LogP contribution < -0.4 is 14.8 Å². The van der Waals surface area contributed by atoms with E-state index in [0.717, 1.165) is 33.9 Å². The molecule has 31 heavy (non-hydrogen) atoms. The normalized spacial score (nSPS) is 17.8. The van der Waals surface area contributed by atoms with Crippen LogP contribution in [0.25, 0.3) is 16.7 Å². The average molecular weight is 410 g/mol. The lowest BCUT2D eigenvalue weighted by Crippen LogP contribution is -2.32. The van der Waals surface area contributed by atoms with E-state index in [4.69, 9.17) is 9.47 Å². The second-order valence-electron chi connectivity index (χ2n) is 8.76. The Morgan fingerprint density at radius 3 is 2.61 bits per heavy atom. The van der Waals surface area contributed by atoms with Gasteiger partial charge < -0.3 is 14.8 Å². The van der Waals surface area contributed by atoms with E-state index in [-0.39, 0.29) is 11.6 Å². The van der Waals surface area contributed by atoms with Crippen LogP contribution >= 0.6 is 0 Å². The zero-order chi connectivity index (χ0) is 21.6. The molecule has 1 N–H and O–H groups in total. The van der Waals surface area contributed by atoms with E-state index in [0.29, 0.717) is 6.61 Å². The van der Waals surface area contributed by atoms with Crippen molar-refractivity contribution < 1.29 is 9.47 Å². The van der Waals surface area contributed by atoms with Crippen molar-refractivity contribution in [1.29, 1.82) is 0 Å². The maximum atomic E-state index is 6.67. The second kappa shape index (κ2) is 7.35. The molecule has 0 spiro atoms. The van der Waals surface area contributed by atoms with Gasteiger partial charge in [-0.3, -0.25) is 0 Å². The van der Waals surface area contributed by atoms with Crippen LogP contribution in [-0.4, -0.2) is 12.1 Å². The minimum absolute atomic E-state index is 0.0980. The van der Waals surface area contributed by atoms with Gasteiger partial charge in [-0.25, -0.2) is 0 Å². The first kappa shape index (κ1) is 19.5. The highest BCUT2D eigenvalue weighted by Gasteiger charge is 2.35. The highest BCUT2D eigenvalue weighted by molar-refractivity contribution is 5.91. The molecule has 3 aromatic rings. The molecule has 2 aliphatic rings. The molecule has 0 aromatic heterocycles. The van der Waals surface area contributed by atoms with Crippen LogP contribution in [0.5, 0.6) is 11.5 Å². The fraction of sp³-hybridized carbons (Fsp3) is 0.214. The van der Waals surface area contributed by atoms with Crippen molar-refractivity contribution >= 4 is 11.3 Å². The van der Waals surface area contributed by atoms with E-state index in [9.17, 15) is 0 Å². The number of hydrogen-bond donors (Lipinski definition) is 1. The van der Waals surface area contributed by atoms with Crippen LogP contribution in [0.1, 0.15) is 43.6 Å². The standard InChI is InChI=1S/C28H27NO2/c1-5-16-30-22-12-9-13-23-25(22)20-14-15-21-24(18(2)17-28(3,4)29-21)26(20)27(31-23)19-10-7-6-8-11-19/h5-15,17,27,29H,1,16H2,2-4H3. The van der Waals surface area contributed by atoms with Crippen LogP contribution in [0.2, 0.25) is 0 Å². The van der Waals surface area contributed by atoms with Crippen molar-refractivity contribution in [2.45, 2.75) is 32.4 Å². The number of nitrogens with one attached hydrogen (secondary N) is 1. The molecule has 5 rings (SSSR count). The van der Waals surface area contributed by atoms with Gasteiger partial charge in [0.15, 0.2) is 6.10 Å². The molecular weight excluding hydrogens is 382 g/mol. The summed E-state index contributed by atoms with van der Waals surface area (Å²) < 4.78 is 12.7. The highest BCUT2D eigenvalue weighted by Crippen LogP contribution is 2.53. The van der Waals surface area contributed by atoms with E-state index < -0.39 is 0 Å². The molecular formula is C28H27NO2. The van der Waals surface area contributed by atoms with Gasteiger partial charge in [0, 0.05) is 16.8 Å². The molecule has 1 unspecified atom stereocenters. The van der Waals surface area contributed by atoms with Gasteiger partial charge in [0.1, 0.15) is 18.1 Å². The largest absolute Gasteiger partial charge is 0.489 e. The number of benzene rings is 3. The molecule has 2 heterocycles. The SMILES string of the molecule is C=CCOc1cccc2c1-c1ccc3c(c1C(c1ccccc1)O2)C(C)=CC(C)(C)N3. The van der Waals surface area contributed by atoms with Gasteiger partial charge in [-0.2, -0.15) is 0 Å². The van der Waals surface area contributed by atoms with E-state index in [2.05, 4.69) is 75.1 Å². The lowest BCUT2D eigenvalue weighted by Gasteiger charge is -2.37. The lowest BCUT2D eigenvalue weighted by molar-refractivity contribution is 0.241. The van der Waals surface area contributed by atoms with Crippen LogP contribution in [0.15, 0.2) is 79.4 Å². The molecule has 0 saturated carbocycles. The van der Waals surface area contributed by atoms with Crippen molar-refractivity contribution in [2.24, 2.45) is 0 Å². The van der Waals surface area contributed by atoms with Crippen molar-refractivity contribution in [3.8, 4) is 22.6 Å². The Hall–Kier alpha value is -3.46. The molecule has 0 saturated heterocycles. The number of allylic oxidation sites excluding steroid dienone is 1. The highest BCUT2D eigenvalue weighted by atomic mass is 16.5. The Labute approximate surface area is 184 Å². The first-order valence-corrected chi connectivity index (χ1v) is 10.7. The van der Waals surface area contributed by atoms with Crippen molar-refractivity contribution in [3.05, 3.63) is 96.1 Å². The zero-order valence-corrected chi connectivity index (χ0v) is 18.2. The van der Waals surface area contributed by atoms with Gasteiger partial charge in [-0.15, -0.1) is 0 Å². The summed E-state index contributed by atoms with van der Waals surface area (Å²) in [6, 6.07) is 20.8. The Morgan fingerprint density at radius 2 is 1.84 bits per heavy atom. The lowest BCUT2D eigenvalue weighted by atomic mass is 9.80. The first-order chi connectivity index (χ1) is 15.0. The third kappa shape index (κ3) is 3.31. The summed E-state index contributed by atoms with van der Waals surface area (Å²) in [5.74, 6) is 1.66. The summed E-state index contributed by atoms with van der Waals surface area (Å²) >= 11 is 0. The van der Waals surface area contributed by atoms with Gasteiger partial charge in [0.05, 0.1) is 11.1 Å². The number of hydrogen-bond acceptors (Lipinski definition) is 3. The van der Waals surface area contributed by atoms with Gasteiger partial charge in [-0.1, -0.05) is 61.2 Å². The zero-order valence-electron chi connectivity index (χ0n) is 18.2. The molecule has 1 atom stereocenters. The topological polar surface area (TPSA) is 30.5 Å². The minimum Gasteiger partial charge on any atom is -0.489 e. The molecule has 0 fully saturated rings. The van der Waals surface area contributed by atoms with E-state index >= 15 is 0 Å². The van der Waals surface area contributed by atoms with Gasteiger partial charge in [0.2, 0.25) is 0 Å². The van der Waals surface area contributed by atoms with Gasteiger partial charge in [-0.05, 0) is 55.7 Å². The third-order valence-electron chi connectivity index (χ3n) is 5.90. The molecule has 0 radical (unpaired) electrons. The third-order valence-corrected chi connectivity index (χ3v) is 5.90. The van der Waals surface area contributed by atoms with Crippen molar-refractivity contribution in [2.75, 3.05) is 11.9 Å².